The maximum Gasteiger partial charge on any atom is 0.241 e. The van der Waals surface area contributed by atoms with E-state index in [1.807, 2.05) is 6.07 Å². The lowest BCUT2D eigenvalue weighted by atomic mass is 10.1. The number of aryl methyl sites for hydroxylation is 1. The summed E-state index contributed by atoms with van der Waals surface area (Å²) >= 11 is 0. The van der Waals surface area contributed by atoms with E-state index in [-0.39, 0.29) is 4.90 Å². The van der Waals surface area contributed by atoms with Gasteiger partial charge >= 0.3 is 0 Å². The zero-order chi connectivity index (χ0) is 20.0. The van der Waals surface area contributed by atoms with Gasteiger partial charge in [-0.25, -0.2) is 13.1 Å². The van der Waals surface area contributed by atoms with E-state index in [4.69, 9.17) is 0 Å². The predicted molar refractivity (Wildman–Crippen MR) is 115 cm³/mol. The van der Waals surface area contributed by atoms with E-state index < -0.39 is 10.0 Å². The standard InChI is InChI=1S/C22H25N3O2S/c1-17-6-8-19(9-7-17)14-18(2)15-24-12-13-25-28(26,27)22-5-3-4-20-16-23-11-10-21(20)22/h3-11,14,16,24-25H,12-13,15H2,1-2H3/b18-14+. The molecule has 1 aromatic heterocycles. The Morgan fingerprint density at radius 2 is 1.86 bits per heavy atom. The van der Waals surface area contributed by atoms with Gasteiger partial charge in [0.25, 0.3) is 0 Å². The molecule has 0 aliphatic heterocycles. The Balaban J connectivity index is 1.52. The molecule has 0 radical (unpaired) electrons. The summed E-state index contributed by atoms with van der Waals surface area (Å²) in [7, 11) is -3.57. The van der Waals surface area contributed by atoms with Crippen LogP contribution in [0.25, 0.3) is 16.8 Å². The minimum Gasteiger partial charge on any atom is -0.312 e. The first-order valence-corrected chi connectivity index (χ1v) is 10.7. The molecule has 0 aliphatic rings. The number of hydrogen-bond acceptors (Lipinski definition) is 4. The van der Waals surface area contributed by atoms with Crippen molar-refractivity contribution in [2.75, 3.05) is 19.6 Å². The molecular formula is C22H25N3O2S. The highest BCUT2D eigenvalue weighted by atomic mass is 32.2. The van der Waals surface area contributed by atoms with Crippen LogP contribution in [0.5, 0.6) is 0 Å². The zero-order valence-corrected chi connectivity index (χ0v) is 17.0. The number of rotatable bonds is 8. The minimum absolute atomic E-state index is 0.280. The molecular weight excluding hydrogens is 370 g/mol. The molecule has 3 rings (SSSR count). The fourth-order valence-corrected chi connectivity index (χ4v) is 4.22. The molecule has 0 atom stereocenters. The molecule has 0 fully saturated rings. The average molecular weight is 396 g/mol. The molecule has 3 aromatic rings. The number of sulfonamides is 1. The van der Waals surface area contributed by atoms with E-state index in [2.05, 4.69) is 59.2 Å². The molecule has 146 valence electrons. The molecule has 28 heavy (non-hydrogen) atoms. The Labute approximate surface area is 166 Å². The molecule has 0 saturated carbocycles. The van der Waals surface area contributed by atoms with Gasteiger partial charge in [-0.05, 0) is 31.5 Å². The van der Waals surface area contributed by atoms with Crippen LogP contribution in [0, 0.1) is 6.92 Å². The normalized spacial score (nSPS) is 12.4. The van der Waals surface area contributed by atoms with E-state index >= 15 is 0 Å². The van der Waals surface area contributed by atoms with Gasteiger partial charge in [-0.1, -0.05) is 53.6 Å². The number of nitrogens with one attached hydrogen (secondary N) is 2. The smallest absolute Gasteiger partial charge is 0.241 e. The van der Waals surface area contributed by atoms with Gasteiger partial charge in [-0.2, -0.15) is 0 Å². The fourth-order valence-electron chi connectivity index (χ4n) is 2.96. The summed E-state index contributed by atoms with van der Waals surface area (Å²) in [6, 6.07) is 15.3. The summed E-state index contributed by atoms with van der Waals surface area (Å²) in [5.41, 5.74) is 3.59. The van der Waals surface area contributed by atoms with Crippen molar-refractivity contribution < 1.29 is 8.42 Å². The molecule has 0 spiro atoms. The van der Waals surface area contributed by atoms with Gasteiger partial charge in [0.15, 0.2) is 0 Å². The summed E-state index contributed by atoms with van der Waals surface area (Å²) in [4.78, 5) is 4.32. The van der Waals surface area contributed by atoms with E-state index in [1.54, 1.807) is 30.6 Å². The molecule has 0 saturated heterocycles. The quantitative estimate of drug-likeness (QED) is 0.573. The number of pyridine rings is 1. The first-order valence-electron chi connectivity index (χ1n) is 9.23. The van der Waals surface area contributed by atoms with Crippen LogP contribution in [0.4, 0.5) is 0 Å². The summed E-state index contributed by atoms with van der Waals surface area (Å²) in [6.07, 6.45) is 5.39. The first kappa shape index (κ1) is 20.2. The largest absolute Gasteiger partial charge is 0.312 e. The third kappa shape index (κ3) is 5.25. The van der Waals surface area contributed by atoms with Gasteiger partial charge in [-0.3, -0.25) is 4.98 Å². The second-order valence-corrected chi connectivity index (χ2v) is 8.56. The Bertz CT molecular complexity index is 1070. The second-order valence-electron chi connectivity index (χ2n) is 6.83. The Kier molecular flexibility index (Phi) is 6.57. The van der Waals surface area contributed by atoms with Crippen molar-refractivity contribution in [1.29, 1.82) is 0 Å². The van der Waals surface area contributed by atoms with Crippen molar-refractivity contribution in [2.45, 2.75) is 18.7 Å². The van der Waals surface area contributed by atoms with Gasteiger partial charge in [-0.15, -0.1) is 0 Å². The van der Waals surface area contributed by atoms with E-state index in [9.17, 15) is 8.42 Å². The maximum absolute atomic E-state index is 12.6. The highest BCUT2D eigenvalue weighted by Gasteiger charge is 2.16. The zero-order valence-electron chi connectivity index (χ0n) is 16.1. The summed E-state index contributed by atoms with van der Waals surface area (Å²) in [6.45, 7) is 5.70. The lowest BCUT2D eigenvalue weighted by Crippen LogP contribution is -2.32. The van der Waals surface area contributed by atoms with Crippen molar-refractivity contribution in [1.82, 2.24) is 15.0 Å². The summed E-state index contributed by atoms with van der Waals surface area (Å²) in [5, 5.41) is 4.75. The predicted octanol–water partition coefficient (Wildman–Crippen LogP) is 3.51. The SMILES string of the molecule is C/C(=C\c1ccc(C)cc1)CNCCNS(=O)(=O)c1cccc2cnccc12. The van der Waals surface area contributed by atoms with Crippen molar-refractivity contribution in [3.05, 3.63) is 77.6 Å². The van der Waals surface area contributed by atoms with Crippen LogP contribution in [-0.2, 0) is 10.0 Å². The first-order chi connectivity index (χ1) is 13.5. The highest BCUT2D eigenvalue weighted by Crippen LogP contribution is 2.21. The van der Waals surface area contributed by atoms with Crippen LogP contribution in [0.2, 0.25) is 0 Å². The molecule has 0 aliphatic carbocycles. The van der Waals surface area contributed by atoms with Crippen LogP contribution in [-0.4, -0.2) is 33.0 Å². The van der Waals surface area contributed by atoms with Gasteiger partial charge < -0.3 is 5.32 Å². The van der Waals surface area contributed by atoms with Gasteiger partial charge in [0.2, 0.25) is 10.0 Å². The maximum atomic E-state index is 12.6. The van der Waals surface area contributed by atoms with Crippen LogP contribution in [0.3, 0.4) is 0 Å². The summed E-state index contributed by atoms with van der Waals surface area (Å²) < 4.78 is 27.9. The number of fused-ring (bicyclic) bond motifs is 1. The third-order valence-corrected chi connectivity index (χ3v) is 5.94. The molecule has 2 N–H and O–H groups in total. The van der Waals surface area contributed by atoms with E-state index in [1.165, 1.54) is 11.1 Å². The van der Waals surface area contributed by atoms with E-state index in [0.29, 0.717) is 25.0 Å². The Hall–Kier alpha value is -2.54. The highest BCUT2D eigenvalue weighted by molar-refractivity contribution is 7.89. The average Bonchev–Trinajstić information content (AvgIpc) is 2.69. The lowest BCUT2D eigenvalue weighted by Gasteiger charge is -2.10. The number of nitrogens with zero attached hydrogens (tertiary/aromatic N) is 1. The molecule has 0 unspecified atom stereocenters. The molecule has 0 bridgehead atoms. The molecule has 6 heteroatoms. The Morgan fingerprint density at radius 3 is 2.64 bits per heavy atom. The van der Waals surface area contributed by atoms with Gasteiger partial charge in [0.05, 0.1) is 4.90 Å². The van der Waals surface area contributed by atoms with Crippen LogP contribution < -0.4 is 10.0 Å². The molecule has 0 amide bonds. The molecule has 2 aromatic carbocycles. The van der Waals surface area contributed by atoms with Crippen molar-refractivity contribution in [2.24, 2.45) is 0 Å². The van der Waals surface area contributed by atoms with Gasteiger partial charge in [0.1, 0.15) is 0 Å². The number of hydrogen-bond donors (Lipinski definition) is 2. The van der Waals surface area contributed by atoms with Crippen LogP contribution >= 0.6 is 0 Å². The lowest BCUT2D eigenvalue weighted by molar-refractivity contribution is 0.579. The number of benzene rings is 2. The Morgan fingerprint density at radius 1 is 1.07 bits per heavy atom. The van der Waals surface area contributed by atoms with Gasteiger partial charge in [0, 0.05) is 42.8 Å². The van der Waals surface area contributed by atoms with E-state index in [0.717, 1.165) is 10.9 Å². The number of aromatic nitrogens is 1. The van der Waals surface area contributed by atoms with Crippen LogP contribution in [0.1, 0.15) is 18.1 Å². The molecule has 5 nitrogen and oxygen atoms in total. The monoisotopic (exact) mass is 395 g/mol. The van der Waals surface area contributed by atoms with Crippen molar-refractivity contribution >= 4 is 26.9 Å². The van der Waals surface area contributed by atoms with Crippen molar-refractivity contribution in [3.63, 3.8) is 0 Å². The topological polar surface area (TPSA) is 71.1 Å². The summed E-state index contributed by atoms with van der Waals surface area (Å²) in [5.74, 6) is 0. The van der Waals surface area contributed by atoms with Crippen LogP contribution in [0.15, 0.2) is 71.4 Å². The molecule has 1 heterocycles. The third-order valence-electron chi connectivity index (χ3n) is 4.42. The minimum atomic E-state index is -3.57. The second kappa shape index (κ2) is 9.10. The van der Waals surface area contributed by atoms with Crippen molar-refractivity contribution in [3.8, 4) is 0 Å². The fraction of sp³-hybridized carbons (Fsp3) is 0.227.